The minimum atomic E-state index is -0.768. The number of amides is 4. The highest BCUT2D eigenvalue weighted by Crippen LogP contribution is 2.14. The SMILES string of the molecule is CCOC(=O)N1CCC(NC(=O)C(=O)Nc2ccc(NC(C)=O)cc2)CC1. The van der Waals surface area contributed by atoms with Crippen molar-refractivity contribution in [2.24, 2.45) is 0 Å². The molecule has 2 rings (SSSR count). The fraction of sp³-hybridized carbons (Fsp3) is 0.444. The summed E-state index contributed by atoms with van der Waals surface area (Å²) in [5.41, 5.74) is 1.04. The number of hydrogen-bond donors (Lipinski definition) is 3. The summed E-state index contributed by atoms with van der Waals surface area (Å²) in [5.74, 6) is -1.69. The van der Waals surface area contributed by atoms with Crippen molar-refractivity contribution < 1.29 is 23.9 Å². The Morgan fingerprint density at radius 2 is 1.56 bits per heavy atom. The number of nitrogens with one attached hydrogen (secondary N) is 3. The predicted molar refractivity (Wildman–Crippen MR) is 99.1 cm³/mol. The van der Waals surface area contributed by atoms with Gasteiger partial charge in [0, 0.05) is 37.4 Å². The normalized spacial score (nSPS) is 14.2. The molecule has 1 heterocycles. The van der Waals surface area contributed by atoms with E-state index in [1.165, 1.54) is 6.92 Å². The highest BCUT2D eigenvalue weighted by atomic mass is 16.6. The zero-order chi connectivity index (χ0) is 19.8. The Morgan fingerprint density at radius 3 is 2.07 bits per heavy atom. The van der Waals surface area contributed by atoms with Gasteiger partial charge in [-0.25, -0.2) is 4.79 Å². The molecule has 1 aliphatic rings. The number of likely N-dealkylation sites (tertiary alicyclic amines) is 1. The zero-order valence-corrected chi connectivity index (χ0v) is 15.4. The average Bonchev–Trinajstić information content (AvgIpc) is 2.63. The van der Waals surface area contributed by atoms with E-state index in [0.29, 0.717) is 43.9 Å². The number of anilines is 2. The monoisotopic (exact) mass is 376 g/mol. The van der Waals surface area contributed by atoms with Crippen LogP contribution in [0.25, 0.3) is 0 Å². The quantitative estimate of drug-likeness (QED) is 0.685. The fourth-order valence-electron chi connectivity index (χ4n) is 2.70. The molecule has 3 N–H and O–H groups in total. The smallest absolute Gasteiger partial charge is 0.409 e. The number of carbonyl (C=O) groups is 4. The molecule has 1 aromatic rings. The van der Waals surface area contributed by atoms with Crippen LogP contribution >= 0.6 is 0 Å². The van der Waals surface area contributed by atoms with E-state index in [1.54, 1.807) is 36.1 Å². The molecule has 1 fully saturated rings. The van der Waals surface area contributed by atoms with Gasteiger partial charge in [0.1, 0.15) is 0 Å². The molecule has 0 bridgehead atoms. The predicted octanol–water partition coefficient (Wildman–Crippen LogP) is 1.32. The van der Waals surface area contributed by atoms with Crippen molar-refractivity contribution in [2.45, 2.75) is 32.7 Å². The maximum absolute atomic E-state index is 12.1. The van der Waals surface area contributed by atoms with Crippen LogP contribution in [0.15, 0.2) is 24.3 Å². The Morgan fingerprint density at radius 1 is 1.00 bits per heavy atom. The molecule has 0 saturated carbocycles. The van der Waals surface area contributed by atoms with Gasteiger partial charge in [-0.05, 0) is 44.0 Å². The van der Waals surface area contributed by atoms with Gasteiger partial charge in [-0.3, -0.25) is 14.4 Å². The Labute approximate surface area is 157 Å². The molecule has 9 heteroatoms. The molecule has 0 aliphatic carbocycles. The van der Waals surface area contributed by atoms with Gasteiger partial charge < -0.3 is 25.6 Å². The number of rotatable bonds is 4. The minimum absolute atomic E-state index is 0.170. The van der Waals surface area contributed by atoms with E-state index >= 15 is 0 Å². The van der Waals surface area contributed by atoms with Gasteiger partial charge in [0.25, 0.3) is 0 Å². The first-order valence-electron chi connectivity index (χ1n) is 8.80. The van der Waals surface area contributed by atoms with Gasteiger partial charge in [0.05, 0.1) is 6.61 Å². The topological polar surface area (TPSA) is 117 Å². The highest BCUT2D eigenvalue weighted by Gasteiger charge is 2.26. The van der Waals surface area contributed by atoms with Crippen molar-refractivity contribution in [1.29, 1.82) is 0 Å². The fourth-order valence-corrected chi connectivity index (χ4v) is 2.70. The molecule has 1 saturated heterocycles. The third-order valence-electron chi connectivity index (χ3n) is 4.03. The molecule has 0 spiro atoms. The largest absolute Gasteiger partial charge is 0.450 e. The molecule has 9 nitrogen and oxygen atoms in total. The molecule has 27 heavy (non-hydrogen) atoms. The molecule has 1 aliphatic heterocycles. The van der Waals surface area contributed by atoms with Gasteiger partial charge >= 0.3 is 17.9 Å². The van der Waals surface area contributed by atoms with Gasteiger partial charge in [0.2, 0.25) is 5.91 Å². The summed E-state index contributed by atoms with van der Waals surface area (Å²) >= 11 is 0. The zero-order valence-electron chi connectivity index (χ0n) is 15.4. The summed E-state index contributed by atoms with van der Waals surface area (Å²) in [6, 6.07) is 6.26. The molecule has 0 radical (unpaired) electrons. The first kappa shape index (κ1) is 20.2. The number of piperidine rings is 1. The Balaban J connectivity index is 1.78. The Hall–Kier alpha value is -3.10. The van der Waals surface area contributed by atoms with E-state index < -0.39 is 11.8 Å². The van der Waals surface area contributed by atoms with Gasteiger partial charge in [-0.2, -0.15) is 0 Å². The number of hydrogen-bond acceptors (Lipinski definition) is 5. The summed E-state index contributed by atoms with van der Waals surface area (Å²) in [7, 11) is 0. The third kappa shape index (κ3) is 6.28. The molecule has 0 aromatic heterocycles. The van der Waals surface area contributed by atoms with Crippen molar-refractivity contribution in [3.8, 4) is 0 Å². The molecule has 146 valence electrons. The van der Waals surface area contributed by atoms with E-state index in [9.17, 15) is 19.2 Å². The Bertz CT molecular complexity index is 696. The first-order chi connectivity index (χ1) is 12.9. The molecule has 4 amide bonds. The summed E-state index contributed by atoms with van der Waals surface area (Å²) in [6.45, 7) is 4.40. The first-order valence-corrected chi connectivity index (χ1v) is 8.80. The van der Waals surface area contributed by atoms with Crippen molar-refractivity contribution in [3.05, 3.63) is 24.3 Å². The van der Waals surface area contributed by atoms with E-state index in [0.717, 1.165) is 0 Å². The second-order valence-electron chi connectivity index (χ2n) is 6.15. The second-order valence-corrected chi connectivity index (χ2v) is 6.15. The number of benzene rings is 1. The van der Waals surface area contributed by atoms with Crippen LogP contribution in [-0.4, -0.2) is 54.5 Å². The number of carbonyl (C=O) groups excluding carboxylic acids is 4. The van der Waals surface area contributed by atoms with Crippen LogP contribution < -0.4 is 16.0 Å². The van der Waals surface area contributed by atoms with Crippen LogP contribution in [0.4, 0.5) is 16.2 Å². The van der Waals surface area contributed by atoms with Crippen LogP contribution in [0.2, 0.25) is 0 Å². The van der Waals surface area contributed by atoms with Crippen molar-refractivity contribution in [1.82, 2.24) is 10.2 Å². The summed E-state index contributed by atoms with van der Waals surface area (Å²) < 4.78 is 4.94. The summed E-state index contributed by atoms with van der Waals surface area (Å²) in [6.07, 6.45) is 0.759. The number of ether oxygens (including phenoxy) is 1. The van der Waals surface area contributed by atoms with E-state index in [-0.39, 0.29) is 18.0 Å². The molecular formula is C18H24N4O5. The lowest BCUT2D eigenvalue weighted by Gasteiger charge is -2.31. The number of nitrogens with zero attached hydrogens (tertiary/aromatic N) is 1. The average molecular weight is 376 g/mol. The van der Waals surface area contributed by atoms with Crippen molar-refractivity contribution in [3.63, 3.8) is 0 Å². The van der Waals surface area contributed by atoms with Gasteiger partial charge in [0.15, 0.2) is 0 Å². The molecule has 0 atom stereocenters. The maximum Gasteiger partial charge on any atom is 0.409 e. The van der Waals surface area contributed by atoms with Crippen LogP contribution in [0.5, 0.6) is 0 Å². The molecular weight excluding hydrogens is 352 g/mol. The second kappa shape index (κ2) is 9.56. The van der Waals surface area contributed by atoms with Crippen molar-refractivity contribution >= 4 is 35.2 Å². The summed E-state index contributed by atoms with van der Waals surface area (Å²) in [4.78, 5) is 48.3. The van der Waals surface area contributed by atoms with Crippen LogP contribution in [0, 0.1) is 0 Å². The van der Waals surface area contributed by atoms with Gasteiger partial charge in [-0.15, -0.1) is 0 Å². The van der Waals surface area contributed by atoms with Crippen LogP contribution in [-0.2, 0) is 19.1 Å². The standard InChI is InChI=1S/C18H24N4O5/c1-3-27-18(26)22-10-8-15(9-11-22)21-17(25)16(24)20-14-6-4-13(5-7-14)19-12(2)23/h4-7,15H,3,8-11H2,1-2H3,(H,19,23)(H,20,24)(H,21,25). The molecule has 0 unspecified atom stereocenters. The lowest BCUT2D eigenvalue weighted by atomic mass is 10.1. The lowest BCUT2D eigenvalue weighted by Crippen LogP contribution is -2.49. The Kier molecular flexibility index (Phi) is 7.16. The van der Waals surface area contributed by atoms with Crippen LogP contribution in [0.1, 0.15) is 26.7 Å². The lowest BCUT2D eigenvalue weighted by molar-refractivity contribution is -0.136. The van der Waals surface area contributed by atoms with E-state index in [1.807, 2.05) is 0 Å². The van der Waals surface area contributed by atoms with Crippen molar-refractivity contribution in [2.75, 3.05) is 30.3 Å². The highest BCUT2D eigenvalue weighted by molar-refractivity contribution is 6.39. The maximum atomic E-state index is 12.1. The van der Waals surface area contributed by atoms with E-state index in [2.05, 4.69) is 16.0 Å². The third-order valence-corrected chi connectivity index (χ3v) is 4.03. The van der Waals surface area contributed by atoms with E-state index in [4.69, 9.17) is 4.74 Å². The minimum Gasteiger partial charge on any atom is -0.450 e. The van der Waals surface area contributed by atoms with Gasteiger partial charge in [-0.1, -0.05) is 0 Å². The van der Waals surface area contributed by atoms with Crippen LogP contribution in [0.3, 0.4) is 0 Å². The summed E-state index contributed by atoms with van der Waals surface area (Å²) in [5, 5.41) is 7.80. The molecule has 1 aromatic carbocycles.